The molecule has 1 atom stereocenters. The number of halogens is 1. The quantitative estimate of drug-likeness (QED) is 0.351. The number of carbonyl (C=O) groups is 1. The van der Waals surface area contributed by atoms with E-state index in [1.54, 1.807) is 12.1 Å². The fourth-order valence-electron chi connectivity index (χ4n) is 3.41. The van der Waals surface area contributed by atoms with Gasteiger partial charge in [-0.3, -0.25) is 9.36 Å². The average Bonchev–Trinajstić information content (AvgIpc) is 3.19. The molecule has 33 heavy (non-hydrogen) atoms. The zero-order chi connectivity index (χ0) is 23.4. The fourth-order valence-corrected chi connectivity index (χ4v) is 4.26. The number of hydrogen-bond acceptors (Lipinski definition) is 4. The van der Waals surface area contributed by atoms with Crippen molar-refractivity contribution in [1.29, 1.82) is 0 Å². The van der Waals surface area contributed by atoms with Crippen LogP contribution in [0.3, 0.4) is 0 Å². The Bertz CT molecular complexity index is 1260. The van der Waals surface area contributed by atoms with Gasteiger partial charge in [0.25, 0.3) is 0 Å². The van der Waals surface area contributed by atoms with E-state index in [2.05, 4.69) is 15.5 Å². The molecule has 0 aliphatic heterocycles. The third-order valence-electron chi connectivity index (χ3n) is 5.31. The van der Waals surface area contributed by atoms with Crippen LogP contribution in [0.25, 0.3) is 11.4 Å². The molecule has 1 aromatic heterocycles. The maximum Gasteiger partial charge on any atom is 0.237 e. The van der Waals surface area contributed by atoms with Crippen molar-refractivity contribution < 1.29 is 9.18 Å². The van der Waals surface area contributed by atoms with E-state index in [0.717, 1.165) is 27.9 Å². The van der Waals surface area contributed by atoms with Crippen molar-refractivity contribution in [2.45, 2.75) is 37.7 Å². The molecule has 0 fully saturated rings. The molecule has 4 aromatic rings. The Morgan fingerprint density at radius 1 is 1.03 bits per heavy atom. The highest BCUT2D eigenvalue weighted by atomic mass is 32.2. The van der Waals surface area contributed by atoms with Crippen molar-refractivity contribution >= 4 is 23.4 Å². The number of anilines is 1. The standard InChI is InChI=1S/C26H25FN4OS/c1-17-9-10-18(2)23(15-17)28-25(32)19(3)33-26-30-29-24(21-11-13-22(27)14-12-21)31(26)16-20-7-5-4-6-8-20/h4-15,19H,16H2,1-3H3,(H,28,32). The summed E-state index contributed by atoms with van der Waals surface area (Å²) in [5.74, 6) is 0.217. The Hall–Kier alpha value is -3.45. The molecule has 0 saturated heterocycles. The summed E-state index contributed by atoms with van der Waals surface area (Å²) in [4.78, 5) is 12.9. The van der Waals surface area contributed by atoms with E-state index >= 15 is 0 Å². The summed E-state index contributed by atoms with van der Waals surface area (Å²) in [6.45, 7) is 6.35. The highest BCUT2D eigenvalue weighted by molar-refractivity contribution is 8.00. The third kappa shape index (κ3) is 5.49. The Balaban J connectivity index is 1.60. The van der Waals surface area contributed by atoms with Crippen LogP contribution in [0.5, 0.6) is 0 Å². The van der Waals surface area contributed by atoms with Gasteiger partial charge in [0.1, 0.15) is 5.82 Å². The number of aryl methyl sites for hydroxylation is 2. The van der Waals surface area contributed by atoms with Crippen LogP contribution >= 0.6 is 11.8 Å². The predicted molar refractivity (Wildman–Crippen MR) is 131 cm³/mol. The molecule has 0 aliphatic carbocycles. The molecule has 0 bridgehead atoms. The molecule has 1 amide bonds. The molecular formula is C26H25FN4OS. The van der Waals surface area contributed by atoms with E-state index in [1.165, 1.54) is 23.9 Å². The van der Waals surface area contributed by atoms with Crippen LogP contribution in [-0.4, -0.2) is 25.9 Å². The van der Waals surface area contributed by atoms with Crippen LogP contribution in [0, 0.1) is 19.7 Å². The molecule has 1 heterocycles. The van der Waals surface area contributed by atoms with Gasteiger partial charge in [-0.25, -0.2) is 4.39 Å². The number of amides is 1. The molecule has 1 unspecified atom stereocenters. The van der Waals surface area contributed by atoms with E-state index in [-0.39, 0.29) is 11.7 Å². The number of benzene rings is 3. The van der Waals surface area contributed by atoms with Gasteiger partial charge in [0, 0.05) is 11.3 Å². The Morgan fingerprint density at radius 2 is 1.76 bits per heavy atom. The van der Waals surface area contributed by atoms with Crippen LogP contribution in [0.15, 0.2) is 78.0 Å². The van der Waals surface area contributed by atoms with Crippen LogP contribution in [0.4, 0.5) is 10.1 Å². The summed E-state index contributed by atoms with van der Waals surface area (Å²) in [6, 6.07) is 22.1. The number of thioether (sulfide) groups is 1. The summed E-state index contributed by atoms with van der Waals surface area (Å²) >= 11 is 1.35. The van der Waals surface area contributed by atoms with Crippen molar-refractivity contribution in [2.75, 3.05) is 5.32 Å². The lowest BCUT2D eigenvalue weighted by atomic mass is 10.1. The third-order valence-corrected chi connectivity index (χ3v) is 6.39. The number of aromatic nitrogens is 3. The van der Waals surface area contributed by atoms with Gasteiger partial charge in [-0.05, 0) is 67.8 Å². The molecule has 4 rings (SSSR count). The maximum absolute atomic E-state index is 13.5. The van der Waals surface area contributed by atoms with Crippen molar-refractivity contribution in [3.63, 3.8) is 0 Å². The summed E-state index contributed by atoms with van der Waals surface area (Å²) in [7, 11) is 0. The lowest BCUT2D eigenvalue weighted by Crippen LogP contribution is -2.23. The molecule has 5 nitrogen and oxygen atoms in total. The summed E-state index contributed by atoms with van der Waals surface area (Å²) in [6.07, 6.45) is 0. The molecule has 0 spiro atoms. The number of nitrogens with one attached hydrogen (secondary N) is 1. The van der Waals surface area contributed by atoms with Crippen molar-refractivity contribution in [2.24, 2.45) is 0 Å². The van der Waals surface area contributed by atoms with Gasteiger partial charge in [0.05, 0.1) is 11.8 Å². The molecule has 168 valence electrons. The molecule has 0 saturated carbocycles. The van der Waals surface area contributed by atoms with Crippen LogP contribution in [0.2, 0.25) is 0 Å². The Kier molecular flexibility index (Phi) is 6.89. The van der Waals surface area contributed by atoms with Crippen molar-refractivity contribution in [3.8, 4) is 11.4 Å². The molecule has 3 aromatic carbocycles. The minimum atomic E-state index is -0.398. The van der Waals surface area contributed by atoms with Gasteiger partial charge >= 0.3 is 0 Å². The van der Waals surface area contributed by atoms with Gasteiger partial charge in [0.15, 0.2) is 11.0 Å². The first-order valence-corrected chi connectivity index (χ1v) is 11.6. The summed E-state index contributed by atoms with van der Waals surface area (Å²) in [5, 5.41) is 12.0. The maximum atomic E-state index is 13.5. The minimum Gasteiger partial charge on any atom is -0.325 e. The van der Waals surface area contributed by atoms with E-state index in [4.69, 9.17) is 0 Å². The highest BCUT2D eigenvalue weighted by Crippen LogP contribution is 2.29. The number of rotatable bonds is 7. The molecule has 7 heteroatoms. The van der Waals surface area contributed by atoms with Crippen LogP contribution in [-0.2, 0) is 11.3 Å². The zero-order valence-corrected chi connectivity index (χ0v) is 19.6. The second-order valence-corrected chi connectivity index (χ2v) is 9.26. The lowest BCUT2D eigenvalue weighted by Gasteiger charge is -2.15. The second kappa shape index (κ2) is 10.0. The fraction of sp³-hybridized carbons (Fsp3) is 0.192. The monoisotopic (exact) mass is 460 g/mol. The SMILES string of the molecule is Cc1ccc(C)c(NC(=O)C(C)Sc2nnc(-c3ccc(F)cc3)n2Cc2ccccc2)c1. The summed E-state index contributed by atoms with van der Waals surface area (Å²) in [5.41, 5.74) is 4.75. The highest BCUT2D eigenvalue weighted by Gasteiger charge is 2.21. The van der Waals surface area contributed by atoms with Crippen molar-refractivity contribution in [1.82, 2.24) is 14.8 Å². The predicted octanol–water partition coefficient (Wildman–Crippen LogP) is 5.87. The van der Waals surface area contributed by atoms with Crippen LogP contribution in [0.1, 0.15) is 23.6 Å². The Labute approximate surface area is 197 Å². The normalized spacial score (nSPS) is 11.9. The first kappa shape index (κ1) is 22.7. The minimum absolute atomic E-state index is 0.105. The van der Waals surface area contributed by atoms with E-state index < -0.39 is 5.25 Å². The Morgan fingerprint density at radius 3 is 2.48 bits per heavy atom. The van der Waals surface area contributed by atoms with Crippen molar-refractivity contribution in [3.05, 3.63) is 95.3 Å². The number of carbonyl (C=O) groups excluding carboxylic acids is 1. The first-order valence-electron chi connectivity index (χ1n) is 10.7. The molecule has 0 aliphatic rings. The van der Waals surface area contributed by atoms with E-state index in [9.17, 15) is 9.18 Å². The topological polar surface area (TPSA) is 59.8 Å². The lowest BCUT2D eigenvalue weighted by molar-refractivity contribution is -0.115. The average molecular weight is 461 g/mol. The van der Waals surface area contributed by atoms with Crippen LogP contribution < -0.4 is 5.32 Å². The van der Waals surface area contributed by atoms with Gasteiger partial charge in [-0.1, -0.05) is 54.2 Å². The summed E-state index contributed by atoms with van der Waals surface area (Å²) < 4.78 is 15.4. The van der Waals surface area contributed by atoms with E-state index in [0.29, 0.717) is 17.5 Å². The van der Waals surface area contributed by atoms with Gasteiger partial charge in [-0.15, -0.1) is 10.2 Å². The van der Waals surface area contributed by atoms with Gasteiger partial charge in [-0.2, -0.15) is 0 Å². The number of nitrogens with zero attached hydrogens (tertiary/aromatic N) is 3. The molecule has 1 N–H and O–H groups in total. The zero-order valence-electron chi connectivity index (χ0n) is 18.7. The van der Waals surface area contributed by atoms with Gasteiger partial charge < -0.3 is 5.32 Å². The second-order valence-electron chi connectivity index (χ2n) is 7.95. The largest absolute Gasteiger partial charge is 0.325 e. The molecule has 0 radical (unpaired) electrons. The first-order chi connectivity index (χ1) is 15.9. The van der Waals surface area contributed by atoms with Gasteiger partial charge in [0.2, 0.25) is 5.91 Å². The van der Waals surface area contributed by atoms with E-state index in [1.807, 2.05) is 73.9 Å². The number of hydrogen-bond donors (Lipinski definition) is 1. The smallest absolute Gasteiger partial charge is 0.237 e. The molecular weight excluding hydrogens is 435 g/mol.